The van der Waals surface area contributed by atoms with E-state index in [1.807, 2.05) is 0 Å². The predicted molar refractivity (Wildman–Crippen MR) is 74.2 cm³/mol. The van der Waals surface area contributed by atoms with Gasteiger partial charge in [-0.1, -0.05) is 5.16 Å². The molecule has 9 heteroatoms. The van der Waals surface area contributed by atoms with Crippen LogP contribution < -0.4 is 0 Å². The van der Waals surface area contributed by atoms with Gasteiger partial charge in [0.15, 0.2) is 12.4 Å². The second-order valence-electron chi connectivity index (χ2n) is 4.68. The molecule has 3 aromatic rings. The van der Waals surface area contributed by atoms with E-state index in [2.05, 4.69) is 20.2 Å². The van der Waals surface area contributed by atoms with Crippen LogP contribution >= 0.6 is 0 Å². The molecule has 0 unspecified atom stereocenters. The molecule has 2 heterocycles. The summed E-state index contributed by atoms with van der Waals surface area (Å²) in [6.45, 7) is 3.17. The predicted octanol–water partition coefficient (Wildman–Crippen LogP) is 1.76. The Bertz CT molecular complexity index is 840. The van der Waals surface area contributed by atoms with Crippen LogP contribution in [0.3, 0.4) is 0 Å². The van der Waals surface area contributed by atoms with Crippen molar-refractivity contribution in [1.29, 1.82) is 0 Å². The molecule has 0 spiro atoms. The lowest BCUT2D eigenvalue weighted by Gasteiger charge is -2.01. The summed E-state index contributed by atoms with van der Waals surface area (Å²) in [5, 5.41) is 7.66. The minimum absolute atomic E-state index is 0.108. The summed E-state index contributed by atoms with van der Waals surface area (Å²) in [7, 11) is 0. The number of aromatic nitrogens is 5. The Morgan fingerprint density at radius 2 is 2.00 bits per heavy atom. The minimum atomic E-state index is -0.718. The zero-order valence-corrected chi connectivity index (χ0v) is 12.4. The minimum Gasteiger partial charge on any atom is -0.450 e. The molecule has 118 valence electrons. The molecule has 2 aromatic heterocycles. The van der Waals surface area contributed by atoms with Crippen molar-refractivity contribution in [2.45, 2.75) is 20.5 Å². The van der Waals surface area contributed by atoms with Gasteiger partial charge in [-0.05, 0) is 38.1 Å². The molecule has 0 N–H and O–H groups in total. The van der Waals surface area contributed by atoms with Crippen molar-refractivity contribution in [2.24, 2.45) is 0 Å². The van der Waals surface area contributed by atoms with E-state index >= 15 is 0 Å². The second kappa shape index (κ2) is 5.95. The third-order valence-corrected chi connectivity index (χ3v) is 2.92. The second-order valence-corrected chi connectivity index (χ2v) is 4.68. The topological polar surface area (TPSA) is 95.9 Å². The molecule has 0 aliphatic heterocycles. The van der Waals surface area contributed by atoms with Crippen LogP contribution in [0.2, 0.25) is 0 Å². The maximum Gasteiger partial charge on any atom is 0.378 e. The smallest absolute Gasteiger partial charge is 0.378 e. The number of halogens is 1. The summed E-state index contributed by atoms with van der Waals surface area (Å²) < 4.78 is 24.2. The van der Waals surface area contributed by atoms with Gasteiger partial charge in [0, 0.05) is 0 Å². The van der Waals surface area contributed by atoms with Crippen LogP contribution in [0.4, 0.5) is 4.39 Å². The van der Waals surface area contributed by atoms with Gasteiger partial charge in [-0.3, -0.25) is 0 Å². The lowest BCUT2D eigenvalue weighted by Crippen LogP contribution is -2.08. The number of carbonyl (C=O) groups excluding carboxylic acids is 1. The van der Waals surface area contributed by atoms with Gasteiger partial charge >= 0.3 is 5.97 Å². The zero-order chi connectivity index (χ0) is 16.4. The number of rotatable bonds is 4. The Morgan fingerprint density at radius 3 is 2.65 bits per heavy atom. The molecular weight excluding hydrogens is 305 g/mol. The van der Waals surface area contributed by atoms with E-state index in [9.17, 15) is 9.18 Å². The molecule has 0 fully saturated rings. The number of ether oxygens (including phenoxy) is 1. The average Bonchev–Trinajstić information content (AvgIpc) is 3.12. The lowest BCUT2D eigenvalue weighted by molar-refractivity contribution is 0.0415. The summed E-state index contributed by atoms with van der Waals surface area (Å²) in [5.41, 5.74) is 0.586. The number of hydrogen-bond acceptors (Lipinski definition) is 7. The van der Waals surface area contributed by atoms with Gasteiger partial charge in [-0.2, -0.15) is 4.98 Å². The highest BCUT2D eigenvalue weighted by atomic mass is 19.1. The molecule has 0 amide bonds. The molecule has 0 radical (unpaired) electrons. The Balaban J connectivity index is 1.74. The maximum atomic E-state index is 13.0. The Labute approximate surface area is 129 Å². The quantitative estimate of drug-likeness (QED) is 0.676. The van der Waals surface area contributed by atoms with Crippen LogP contribution in [0.15, 0.2) is 28.8 Å². The molecule has 0 saturated heterocycles. The molecule has 0 aliphatic rings. The van der Waals surface area contributed by atoms with Crippen LogP contribution in [-0.4, -0.2) is 30.9 Å². The van der Waals surface area contributed by atoms with E-state index in [1.165, 1.54) is 28.9 Å². The number of hydrogen-bond donors (Lipinski definition) is 0. The van der Waals surface area contributed by atoms with Crippen LogP contribution in [0.5, 0.6) is 0 Å². The van der Waals surface area contributed by atoms with Crippen molar-refractivity contribution in [1.82, 2.24) is 24.9 Å². The fourth-order valence-corrected chi connectivity index (χ4v) is 1.89. The van der Waals surface area contributed by atoms with Crippen LogP contribution in [0.25, 0.3) is 5.69 Å². The Kier molecular flexibility index (Phi) is 3.83. The largest absolute Gasteiger partial charge is 0.450 e. The van der Waals surface area contributed by atoms with E-state index in [0.717, 1.165) is 0 Å². The van der Waals surface area contributed by atoms with E-state index < -0.39 is 5.97 Å². The van der Waals surface area contributed by atoms with Gasteiger partial charge in [0.2, 0.25) is 0 Å². The Hall–Kier alpha value is -3.10. The van der Waals surface area contributed by atoms with Crippen molar-refractivity contribution in [3.05, 3.63) is 53.4 Å². The standard InChI is InChI=1S/C14H12FN5O3/c1-8-16-12(23-19-8)7-22-14(21)13-17-9(2)20(18-13)11-5-3-10(15)4-6-11/h3-6H,7H2,1-2H3. The number of aryl methyl sites for hydroxylation is 2. The van der Waals surface area contributed by atoms with Gasteiger partial charge in [0.25, 0.3) is 11.7 Å². The maximum absolute atomic E-state index is 13.0. The molecule has 23 heavy (non-hydrogen) atoms. The van der Waals surface area contributed by atoms with Crippen molar-refractivity contribution in [3.8, 4) is 5.69 Å². The summed E-state index contributed by atoms with van der Waals surface area (Å²) >= 11 is 0. The van der Waals surface area contributed by atoms with Crippen molar-refractivity contribution in [3.63, 3.8) is 0 Å². The first kappa shape index (κ1) is 14.8. The SMILES string of the molecule is Cc1noc(COC(=O)c2nc(C)n(-c3ccc(F)cc3)n2)n1. The molecular formula is C14H12FN5O3. The monoisotopic (exact) mass is 317 g/mol. The van der Waals surface area contributed by atoms with E-state index in [4.69, 9.17) is 9.26 Å². The van der Waals surface area contributed by atoms with Crippen molar-refractivity contribution in [2.75, 3.05) is 0 Å². The van der Waals surface area contributed by atoms with E-state index in [0.29, 0.717) is 17.3 Å². The summed E-state index contributed by atoms with van der Waals surface area (Å²) in [5.74, 6) is -0.0813. The first-order valence-corrected chi connectivity index (χ1v) is 6.69. The van der Waals surface area contributed by atoms with Crippen LogP contribution in [-0.2, 0) is 11.3 Å². The Morgan fingerprint density at radius 1 is 1.26 bits per heavy atom. The molecule has 0 atom stereocenters. The number of benzene rings is 1. The fourth-order valence-electron chi connectivity index (χ4n) is 1.89. The third kappa shape index (κ3) is 3.23. The van der Waals surface area contributed by atoms with Crippen LogP contribution in [0.1, 0.15) is 28.2 Å². The number of esters is 1. The summed E-state index contributed by atoms with van der Waals surface area (Å²) in [6.07, 6.45) is 0. The average molecular weight is 317 g/mol. The van der Waals surface area contributed by atoms with Gasteiger partial charge in [-0.25, -0.2) is 18.9 Å². The summed E-state index contributed by atoms with van der Waals surface area (Å²) in [4.78, 5) is 19.9. The molecule has 1 aromatic carbocycles. The van der Waals surface area contributed by atoms with Gasteiger partial charge < -0.3 is 9.26 Å². The normalized spacial score (nSPS) is 10.7. The first-order chi connectivity index (χ1) is 11.0. The number of carbonyl (C=O) groups is 1. The molecule has 0 saturated carbocycles. The zero-order valence-electron chi connectivity index (χ0n) is 12.4. The van der Waals surface area contributed by atoms with Gasteiger partial charge in [0.05, 0.1) is 5.69 Å². The lowest BCUT2D eigenvalue weighted by atomic mass is 10.3. The first-order valence-electron chi connectivity index (χ1n) is 6.69. The molecule has 0 bridgehead atoms. The van der Waals surface area contributed by atoms with Gasteiger partial charge in [0.1, 0.15) is 11.6 Å². The molecule has 0 aliphatic carbocycles. The van der Waals surface area contributed by atoms with Crippen LogP contribution in [0, 0.1) is 19.7 Å². The number of nitrogens with zero attached hydrogens (tertiary/aromatic N) is 5. The highest BCUT2D eigenvalue weighted by Gasteiger charge is 2.18. The summed E-state index contributed by atoms with van der Waals surface area (Å²) in [6, 6.07) is 5.67. The van der Waals surface area contributed by atoms with E-state index in [-0.39, 0.29) is 24.1 Å². The van der Waals surface area contributed by atoms with Crippen molar-refractivity contribution < 1.29 is 18.4 Å². The highest BCUT2D eigenvalue weighted by molar-refractivity contribution is 5.85. The molecule has 8 nitrogen and oxygen atoms in total. The highest BCUT2D eigenvalue weighted by Crippen LogP contribution is 2.11. The van der Waals surface area contributed by atoms with E-state index in [1.54, 1.807) is 13.8 Å². The molecule has 3 rings (SSSR count). The third-order valence-electron chi connectivity index (χ3n) is 2.92. The van der Waals surface area contributed by atoms with Crippen molar-refractivity contribution >= 4 is 5.97 Å². The van der Waals surface area contributed by atoms with Gasteiger partial charge in [-0.15, -0.1) is 5.10 Å². The fraction of sp³-hybridized carbons (Fsp3) is 0.214.